The van der Waals surface area contributed by atoms with Crippen LogP contribution in [0.3, 0.4) is 0 Å². The molecule has 0 bridgehead atoms. The summed E-state index contributed by atoms with van der Waals surface area (Å²) in [6.45, 7) is 2.64. The van der Waals surface area contributed by atoms with Crippen molar-refractivity contribution in [3.8, 4) is 11.1 Å². The van der Waals surface area contributed by atoms with Crippen LogP contribution in [0.25, 0.3) is 22.0 Å². The number of fused-ring (bicyclic) bond motifs is 1. The maximum Gasteiger partial charge on any atom is 0.338 e. The van der Waals surface area contributed by atoms with Crippen LogP contribution in [0, 0.1) is 6.92 Å². The van der Waals surface area contributed by atoms with Crippen LogP contribution in [0.15, 0.2) is 55.2 Å². The third-order valence-corrected chi connectivity index (χ3v) is 4.50. The van der Waals surface area contributed by atoms with Gasteiger partial charge in [0.05, 0.1) is 19.2 Å². The molecule has 2 aromatic heterocycles. The molecule has 0 fully saturated rings. The van der Waals surface area contributed by atoms with Gasteiger partial charge in [-0.05, 0) is 36.2 Å². The Kier molecular flexibility index (Phi) is 4.01. The van der Waals surface area contributed by atoms with E-state index in [0.29, 0.717) is 12.1 Å². The third-order valence-electron chi connectivity index (χ3n) is 4.50. The quantitative estimate of drug-likeness (QED) is 0.573. The van der Waals surface area contributed by atoms with E-state index in [1.807, 2.05) is 31.3 Å². The van der Waals surface area contributed by atoms with Crippen molar-refractivity contribution < 1.29 is 9.53 Å². The van der Waals surface area contributed by atoms with Crippen LogP contribution in [0.4, 0.5) is 0 Å². The van der Waals surface area contributed by atoms with Crippen molar-refractivity contribution in [3.05, 3.63) is 71.9 Å². The average molecular weight is 346 g/mol. The first-order valence-corrected chi connectivity index (χ1v) is 8.28. The molecule has 26 heavy (non-hydrogen) atoms. The van der Waals surface area contributed by atoms with E-state index >= 15 is 0 Å². The van der Waals surface area contributed by atoms with Gasteiger partial charge < -0.3 is 9.72 Å². The minimum atomic E-state index is -0.336. The van der Waals surface area contributed by atoms with Gasteiger partial charge in [-0.25, -0.2) is 14.5 Å². The molecule has 130 valence electrons. The molecule has 6 heteroatoms. The minimum Gasteiger partial charge on any atom is -0.465 e. The fourth-order valence-corrected chi connectivity index (χ4v) is 3.28. The molecule has 0 spiro atoms. The molecule has 4 aromatic rings. The lowest BCUT2D eigenvalue weighted by Crippen LogP contribution is -2.04. The summed E-state index contributed by atoms with van der Waals surface area (Å²) in [5.41, 5.74) is 5.59. The van der Waals surface area contributed by atoms with Crippen LogP contribution in [0.5, 0.6) is 0 Å². The third kappa shape index (κ3) is 2.75. The molecule has 6 nitrogen and oxygen atoms in total. The largest absolute Gasteiger partial charge is 0.465 e. The first-order chi connectivity index (χ1) is 12.7. The molecule has 0 aliphatic carbocycles. The van der Waals surface area contributed by atoms with E-state index < -0.39 is 0 Å². The number of nitrogens with one attached hydrogen (secondary N) is 1. The van der Waals surface area contributed by atoms with E-state index in [2.05, 4.69) is 27.2 Å². The number of aromatic amines is 1. The number of aromatic nitrogens is 4. The highest BCUT2D eigenvalue weighted by Crippen LogP contribution is 2.34. The van der Waals surface area contributed by atoms with Gasteiger partial charge in [-0.15, -0.1) is 0 Å². The zero-order valence-electron chi connectivity index (χ0n) is 14.6. The second-order valence-corrected chi connectivity index (χ2v) is 6.16. The Bertz CT molecular complexity index is 1080. The highest BCUT2D eigenvalue weighted by atomic mass is 16.5. The van der Waals surface area contributed by atoms with E-state index in [1.54, 1.807) is 17.1 Å². The van der Waals surface area contributed by atoms with Crippen molar-refractivity contribution in [3.63, 3.8) is 0 Å². The number of benzene rings is 2. The Labute approximate surface area is 150 Å². The maximum absolute atomic E-state index is 12.2. The van der Waals surface area contributed by atoms with Gasteiger partial charge in [0.2, 0.25) is 0 Å². The molecule has 1 N–H and O–H groups in total. The zero-order chi connectivity index (χ0) is 18.1. The molecule has 0 amide bonds. The van der Waals surface area contributed by atoms with Crippen molar-refractivity contribution >= 4 is 16.9 Å². The van der Waals surface area contributed by atoms with Crippen molar-refractivity contribution in [2.45, 2.75) is 13.5 Å². The number of aryl methyl sites for hydroxylation is 1. The van der Waals surface area contributed by atoms with Crippen LogP contribution in [-0.4, -0.2) is 32.8 Å². The summed E-state index contributed by atoms with van der Waals surface area (Å²) in [4.78, 5) is 19.5. The number of hydrogen-bond donors (Lipinski definition) is 1. The van der Waals surface area contributed by atoms with Gasteiger partial charge in [0, 0.05) is 28.2 Å². The van der Waals surface area contributed by atoms with Crippen LogP contribution in [-0.2, 0) is 11.3 Å². The predicted molar refractivity (Wildman–Crippen MR) is 98.9 cm³/mol. The van der Waals surface area contributed by atoms with E-state index in [9.17, 15) is 4.79 Å². The molecule has 4 rings (SSSR count). The minimum absolute atomic E-state index is 0.336. The molecule has 0 aliphatic rings. The fraction of sp³-hybridized carbons (Fsp3) is 0.150. The normalized spacial score (nSPS) is 11.0. The molecule has 2 aromatic carbocycles. The number of esters is 1. The monoisotopic (exact) mass is 346 g/mol. The fourth-order valence-electron chi connectivity index (χ4n) is 3.28. The first kappa shape index (κ1) is 16.1. The van der Waals surface area contributed by atoms with Crippen LogP contribution < -0.4 is 0 Å². The number of H-pyrrole nitrogens is 1. The standard InChI is InChI=1S/C20H18N4O2/c1-13-4-3-5-15(20(25)26-2)19(13)17-9-22-18-7-6-14(8-16(17)18)10-24-12-21-11-23-24/h3-9,11-12,22H,10H2,1-2H3. The van der Waals surface area contributed by atoms with Gasteiger partial charge in [0.1, 0.15) is 12.7 Å². The summed E-state index contributed by atoms with van der Waals surface area (Å²) in [6.07, 6.45) is 5.16. The van der Waals surface area contributed by atoms with Gasteiger partial charge in [-0.2, -0.15) is 5.10 Å². The summed E-state index contributed by atoms with van der Waals surface area (Å²) < 4.78 is 6.75. The lowest BCUT2D eigenvalue weighted by molar-refractivity contribution is 0.0601. The van der Waals surface area contributed by atoms with Gasteiger partial charge in [0.15, 0.2) is 0 Å². The van der Waals surface area contributed by atoms with E-state index in [4.69, 9.17) is 4.74 Å². The summed E-state index contributed by atoms with van der Waals surface area (Å²) in [5, 5.41) is 5.22. The SMILES string of the molecule is COC(=O)c1cccc(C)c1-c1c[nH]c2ccc(Cn3cncn3)cc12. The Morgan fingerprint density at radius 3 is 2.92 bits per heavy atom. The Morgan fingerprint density at radius 2 is 2.15 bits per heavy atom. The lowest BCUT2D eigenvalue weighted by atomic mass is 9.94. The average Bonchev–Trinajstić information content (AvgIpc) is 3.30. The van der Waals surface area contributed by atoms with Crippen LogP contribution in [0.1, 0.15) is 21.5 Å². The van der Waals surface area contributed by atoms with E-state index in [-0.39, 0.29) is 5.97 Å². The number of hydrogen-bond acceptors (Lipinski definition) is 4. The number of carbonyl (C=O) groups is 1. The summed E-state index contributed by atoms with van der Waals surface area (Å²) in [7, 11) is 1.40. The number of carbonyl (C=O) groups excluding carboxylic acids is 1. The summed E-state index contributed by atoms with van der Waals surface area (Å²) >= 11 is 0. The molecule has 2 heterocycles. The zero-order valence-corrected chi connectivity index (χ0v) is 14.6. The second kappa shape index (κ2) is 6.48. The molecular formula is C20H18N4O2. The maximum atomic E-state index is 12.2. The van der Waals surface area contributed by atoms with Crippen molar-refractivity contribution in [1.82, 2.24) is 19.7 Å². The number of rotatable bonds is 4. The van der Waals surface area contributed by atoms with Gasteiger partial charge in [-0.1, -0.05) is 18.2 Å². The molecule has 0 radical (unpaired) electrons. The van der Waals surface area contributed by atoms with Crippen molar-refractivity contribution in [2.75, 3.05) is 7.11 Å². The number of methoxy groups -OCH3 is 1. The highest BCUT2D eigenvalue weighted by molar-refractivity contribution is 6.04. The van der Waals surface area contributed by atoms with Gasteiger partial charge in [0.25, 0.3) is 0 Å². The number of nitrogens with zero attached hydrogens (tertiary/aromatic N) is 3. The molecular weight excluding hydrogens is 328 g/mol. The highest BCUT2D eigenvalue weighted by Gasteiger charge is 2.18. The van der Waals surface area contributed by atoms with E-state index in [0.717, 1.165) is 33.2 Å². The van der Waals surface area contributed by atoms with Gasteiger partial charge in [-0.3, -0.25) is 0 Å². The van der Waals surface area contributed by atoms with Gasteiger partial charge >= 0.3 is 5.97 Å². The Balaban J connectivity index is 1.86. The summed E-state index contributed by atoms with van der Waals surface area (Å²) in [6, 6.07) is 11.9. The number of ether oxygens (including phenoxy) is 1. The van der Waals surface area contributed by atoms with Crippen molar-refractivity contribution in [2.24, 2.45) is 0 Å². The van der Waals surface area contributed by atoms with Crippen molar-refractivity contribution in [1.29, 1.82) is 0 Å². The topological polar surface area (TPSA) is 72.8 Å². The molecule has 0 saturated carbocycles. The smallest absolute Gasteiger partial charge is 0.338 e. The second-order valence-electron chi connectivity index (χ2n) is 6.16. The molecule has 0 unspecified atom stereocenters. The Morgan fingerprint density at radius 1 is 1.27 bits per heavy atom. The molecule has 0 aliphatic heterocycles. The lowest BCUT2D eigenvalue weighted by Gasteiger charge is -2.11. The van der Waals surface area contributed by atoms with Crippen LogP contribution >= 0.6 is 0 Å². The predicted octanol–water partition coefficient (Wildman–Crippen LogP) is 3.57. The summed E-state index contributed by atoms with van der Waals surface area (Å²) in [5.74, 6) is -0.336. The molecule has 0 saturated heterocycles. The van der Waals surface area contributed by atoms with E-state index in [1.165, 1.54) is 13.4 Å². The Hall–Kier alpha value is -3.41. The first-order valence-electron chi connectivity index (χ1n) is 8.28. The molecule has 0 atom stereocenters. The van der Waals surface area contributed by atoms with Crippen LogP contribution in [0.2, 0.25) is 0 Å².